The van der Waals surface area contributed by atoms with Crippen molar-refractivity contribution in [3.63, 3.8) is 0 Å². The van der Waals surface area contributed by atoms with Crippen molar-refractivity contribution in [2.24, 2.45) is 0 Å². The summed E-state index contributed by atoms with van der Waals surface area (Å²) in [6.45, 7) is 2.99. The summed E-state index contributed by atoms with van der Waals surface area (Å²) >= 11 is 0. The molecule has 112 valence electrons. The lowest BCUT2D eigenvalue weighted by molar-refractivity contribution is -0.116. The summed E-state index contributed by atoms with van der Waals surface area (Å²) in [5.41, 5.74) is 7.10. The van der Waals surface area contributed by atoms with E-state index in [1.54, 1.807) is 12.1 Å². The Labute approximate surface area is 121 Å². The number of carbonyl (C=O) groups excluding carboxylic acids is 1. The maximum Gasteiger partial charge on any atom is 0.224 e. The second kappa shape index (κ2) is 8.55. The first-order valence-corrected chi connectivity index (χ1v) is 6.96. The van der Waals surface area contributed by atoms with E-state index in [0.717, 1.165) is 31.7 Å². The van der Waals surface area contributed by atoms with E-state index in [1.165, 1.54) is 0 Å². The number of nitrogens with one attached hydrogen (secondary N) is 1. The lowest BCUT2D eigenvalue weighted by atomic mass is 10.2. The number of hydrogen-bond acceptors (Lipinski definition) is 4. The van der Waals surface area contributed by atoms with Crippen LogP contribution in [0.25, 0.3) is 0 Å². The number of carbonyl (C=O) groups is 1. The Balaban J connectivity index is 2.18. The number of benzene rings is 1. The van der Waals surface area contributed by atoms with Crippen LogP contribution in [0.5, 0.6) is 0 Å². The minimum Gasteiger partial charge on any atom is -0.399 e. The summed E-state index contributed by atoms with van der Waals surface area (Å²) in [4.78, 5) is 16.2. The van der Waals surface area contributed by atoms with Crippen LogP contribution in [-0.4, -0.2) is 56.5 Å². The van der Waals surface area contributed by atoms with Gasteiger partial charge in [0, 0.05) is 30.9 Å². The first kappa shape index (κ1) is 16.5. The highest BCUT2D eigenvalue weighted by Gasteiger charge is 2.04. The Kier molecular flexibility index (Phi) is 7.04. The molecule has 1 aromatic carbocycles. The van der Waals surface area contributed by atoms with Gasteiger partial charge in [0.15, 0.2) is 0 Å². The van der Waals surface area contributed by atoms with E-state index < -0.39 is 0 Å². The largest absolute Gasteiger partial charge is 0.399 e. The van der Waals surface area contributed by atoms with Gasteiger partial charge in [-0.3, -0.25) is 4.79 Å². The number of nitrogen functional groups attached to an aromatic ring is 1. The van der Waals surface area contributed by atoms with Gasteiger partial charge in [-0.1, -0.05) is 0 Å². The average molecular weight is 278 g/mol. The van der Waals surface area contributed by atoms with Crippen LogP contribution in [0.1, 0.15) is 12.8 Å². The predicted octanol–water partition coefficient (Wildman–Crippen LogP) is 1.48. The van der Waals surface area contributed by atoms with Crippen LogP contribution in [0.4, 0.5) is 11.4 Å². The number of anilines is 2. The minimum absolute atomic E-state index is 0.0516. The molecule has 0 radical (unpaired) electrons. The van der Waals surface area contributed by atoms with E-state index in [9.17, 15) is 4.79 Å². The van der Waals surface area contributed by atoms with Gasteiger partial charge in [0.1, 0.15) is 0 Å². The van der Waals surface area contributed by atoms with Crippen LogP contribution in [0.2, 0.25) is 0 Å². The van der Waals surface area contributed by atoms with Gasteiger partial charge < -0.3 is 20.9 Å². The van der Waals surface area contributed by atoms with Crippen molar-refractivity contribution in [2.45, 2.75) is 12.8 Å². The van der Waals surface area contributed by atoms with Crippen LogP contribution >= 0.6 is 0 Å². The molecule has 0 bridgehead atoms. The normalized spacial score (nSPS) is 11.1. The number of amides is 1. The SMILES string of the molecule is CN(C)CCN(C)CCCC(=O)Nc1ccc(N)cc1. The molecule has 1 aromatic rings. The molecule has 0 heterocycles. The number of rotatable bonds is 8. The van der Waals surface area contributed by atoms with Crippen LogP contribution in [0.15, 0.2) is 24.3 Å². The van der Waals surface area contributed by atoms with Crippen LogP contribution < -0.4 is 11.1 Å². The van der Waals surface area contributed by atoms with Gasteiger partial charge in [-0.2, -0.15) is 0 Å². The summed E-state index contributed by atoms with van der Waals surface area (Å²) < 4.78 is 0. The van der Waals surface area contributed by atoms with Crippen molar-refractivity contribution >= 4 is 17.3 Å². The molecule has 1 amide bonds. The van der Waals surface area contributed by atoms with Crippen LogP contribution in [-0.2, 0) is 4.79 Å². The first-order valence-electron chi connectivity index (χ1n) is 6.96. The second-order valence-corrected chi connectivity index (χ2v) is 5.38. The van der Waals surface area contributed by atoms with E-state index >= 15 is 0 Å². The Morgan fingerprint density at radius 1 is 1.10 bits per heavy atom. The van der Waals surface area contributed by atoms with E-state index in [4.69, 9.17) is 5.73 Å². The van der Waals surface area contributed by atoms with Crippen LogP contribution in [0.3, 0.4) is 0 Å². The minimum atomic E-state index is 0.0516. The van der Waals surface area contributed by atoms with Crippen LogP contribution in [0, 0.1) is 0 Å². The highest BCUT2D eigenvalue weighted by atomic mass is 16.1. The summed E-state index contributed by atoms with van der Waals surface area (Å²) in [7, 11) is 6.21. The summed E-state index contributed by atoms with van der Waals surface area (Å²) in [6.07, 6.45) is 1.40. The molecule has 0 saturated heterocycles. The number of nitrogens with two attached hydrogens (primary N) is 1. The third-order valence-electron chi connectivity index (χ3n) is 3.07. The maximum absolute atomic E-state index is 11.8. The smallest absolute Gasteiger partial charge is 0.224 e. The summed E-state index contributed by atoms with van der Waals surface area (Å²) in [5, 5.41) is 2.87. The molecule has 0 aliphatic rings. The molecule has 0 aromatic heterocycles. The third-order valence-corrected chi connectivity index (χ3v) is 3.07. The van der Waals surface area contributed by atoms with Gasteiger partial charge in [-0.05, 0) is 58.4 Å². The molecule has 0 saturated carbocycles. The number of hydrogen-bond donors (Lipinski definition) is 2. The van der Waals surface area contributed by atoms with Crippen molar-refractivity contribution in [2.75, 3.05) is 51.8 Å². The quantitative estimate of drug-likeness (QED) is 0.707. The van der Waals surface area contributed by atoms with Crippen molar-refractivity contribution in [1.29, 1.82) is 0 Å². The zero-order valence-electron chi connectivity index (χ0n) is 12.7. The van der Waals surface area contributed by atoms with E-state index in [-0.39, 0.29) is 5.91 Å². The lowest BCUT2D eigenvalue weighted by Crippen LogP contribution is -2.29. The fraction of sp³-hybridized carbons (Fsp3) is 0.533. The lowest BCUT2D eigenvalue weighted by Gasteiger charge is -2.18. The molecule has 0 atom stereocenters. The van der Waals surface area contributed by atoms with Gasteiger partial charge in [-0.15, -0.1) is 0 Å². The molecule has 5 nitrogen and oxygen atoms in total. The second-order valence-electron chi connectivity index (χ2n) is 5.38. The van der Waals surface area contributed by atoms with E-state index in [2.05, 4.69) is 36.3 Å². The average Bonchev–Trinajstić information content (AvgIpc) is 2.39. The van der Waals surface area contributed by atoms with Crippen molar-refractivity contribution < 1.29 is 4.79 Å². The Hall–Kier alpha value is -1.59. The standard InChI is InChI=1S/C15H26N4O/c1-18(2)11-12-19(3)10-4-5-15(20)17-14-8-6-13(16)7-9-14/h6-9H,4-5,10-12,16H2,1-3H3,(H,17,20). The molecule has 0 aliphatic heterocycles. The Morgan fingerprint density at radius 2 is 1.75 bits per heavy atom. The van der Waals surface area contributed by atoms with Crippen molar-refractivity contribution in [1.82, 2.24) is 9.80 Å². The molecule has 20 heavy (non-hydrogen) atoms. The molecular weight excluding hydrogens is 252 g/mol. The molecule has 0 spiro atoms. The highest BCUT2D eigenvalue weighted by molar-refractivity contribution is 5.90. The van der Waals surface area contributed by atoms with Crippen molar-refractivity contribution in [3.8, 4) is 0 Å². The molecule has 0 unspecified atom stereocenters. The Morgan fingerprint density at radius 3 is 2.35 bits per heavy atom. The van der Waals surface area contributed by atoms with E-state index in [0.29, 0.717) is 12.1 Å². The Bertz CT molecular complexity index is 403. The van der Waals surface area contributed by atoms with Gasteiger partial charge in [-0.25, -0.2) is 0 Å². The van der Waals surface area contributed by atoms with E-state index in [1.807, 2.05) is 12.1 Å². The molecular formula is C15H26N4O. The first-order chi connectivity index (χ1) is 9.47. The maximum atomic E-state index is 11.8. The fourth-order valence-electron chi connectivity index (χ4n) is 1.78. The summed E-state index contributed by atoms with van der Waals surface area (Å²) in [5.74, 6) is 0.0516. The predicted molar refractivity (Wildman–Crippen MR) is 84.8 cm³/mol. The molecule has 0 aliphatic carbocycles. The topological polar surface area (TPSA) is 61.6 Å². The highest BCUT2D eigenvalue weighted by Crippen LogP contribution is 2.11. The fourth-order valence-corrected chi connectivity index (χ4v) is 1.78. The molecule has 1 rings (SSSR count). The third kappa shape index (κ3) is 7.11. The molecule has 3 N–H and O–H groups in total. The summed E-state index contributed by atoms with van der Waals surface area (Å²) in [6, 6.07) is 7.20. The van der Waals surface area contributed by atoms with Gasteiger partial charge in [0.25, 0.3) is 0 Å². The van der Waals surface area contributed by atoms with Crippen molar-refractivity contribution in [3.05, 3.63) is 24.3 Å². The zero-order valence-corrected chi connectivity index (χ0v) is 12.7. The number of nitrogens with zero attached hydrogens (tertiary/aromatic N) is 2. The molecule has 5 heteroatoms. The zero-order chi connectivity index (χ0) is 15.0. The van der Waals surface area contributed by atoms with Gasteiger partial charge >= 0.3 is 0 Å². The number of likely N-dealkylation sites (N-methyl/N-ethyl adjacent to an activating group) is 2. The van der Waals surface area contributed by atoms with Gasteiger partial charge in [0.05, 0.1) is 0 Å². The monoisotopic (exact) mass is 278 g/mol. The molecule has 0 fully saturated rings. The van der Waals surface area contributed by atoms with Gasteiger partial charge in [0.2, 0.25) is 5.91 Å².